The molecular weight excluding hydrogens is 537 g/mol. The molecule has 0 radical (unpaired) electrons. The van der Waals surface area contributed by atoms with Crippen LogP contribution in [0.25, 0.3) is 85.9 Å². The summed E-state index contributed by atoms with van der Waals surface area (Å²) in [6, 6.07) is 57.9. The van der Waals surface area contributed by atoms with Gasteiger partial charge in [0.05, 0.1) is 0 Å². The maximum atomic E-state index is 2.39. The zero-order valence-corrected chi connectivity index (χ0v) is 24.2. The normalized spacial score (nSPS) is 11.7. The molecule has 0 saturated heterocycles. The van der Waals surface area contributed by atoms with Crippen LogP contribution in [-0.4, -0.2) is 0 Å². The topological polar surface area (TPSA) is 0 Å². The monoisotopic (exact) mass is 562 g/mol. The van der Waals surface area contributed by atoms with Crippen LogP contribution >= 0.6 is 11.3 Å². The highest BCUT2D eigenvalue weighted by Gasteiger charge is 2.18. The predicted octanol–water partition coefficient (Wildman–Crippen LogP) is 12.5. The van der Waals surface area contributed by atoms with E-state index in [1.54, 1.807) is 0 Å². The molecule has 0 unspecified atom stereocenters. The van der Waals surface area contributed by atoms with E-state index in [1.807, 2.05) is 11.3 Å². The Morgan fingerprint density at radius 2 is 0.837 bits per heavy atom. The first-order valence-corrected chi connectivity index (χ1v) is 15.6. The molecule has 0 aliphatic carbocycles. The molecule has 43 heavy (non-hydrogen) atoms. The van der Waals surface area contributed by atoms with Gasteiger partial charge in [0.25, 0.3) is 0 Å². The molecule has 0 atom stereocenters. The van der Waals surface area contributed by atoms with Gasteiger partial charge < -0.3 is 0 Å². The fourth-order valence-corrected chi connectivity index (χ4v) is 8.23. The van der Waals surface area contributed by atoms with Crippen molar-refractivity contribution in [2.45, 2.75) is 0 Å². The minimum atomic E-state index is 1.24. The highest BCUT2D eigenvalue weighted by atomic mass is 32.1. The Morgan fingerprint density at radius 3 is 1.60 bits per heavy atom. The zero-order valence-electron chi connectivity index (χ0n) is 23.4. The molecule has 0 nitrogen and oxygen atoms in total. The van der Waals surface area contributed by atoms with E-state index in [0.29, 0.717) is 0 Å². The van der Waals surface area contributed by atoms with Crippen molar-refractivity contribution >= 4 is 63.8 Å². The number of hydrogen-bond donors (Lipinski definition) is 0. The lowest BCUT2D eigenvalue weighted by Gasteiger charge is -2.19. The molecule has 9 aromatic rings. The fraction of sp³-hybridized carbons (Fsp3) is 0. The molecule has 1 heterocycles. The van der Waals surface area contributed by atoms with E-state index in [1.165, 1.54) is 85.9 Å². The number of fused-ring (bicyclic) bond motifs is 6. The molecule has 0 amide bonds. The Hall–Kier alpha value is -5.24. The van der Waals surface area contributed by atoms with Crippen molar-refractivity contribution in [3.8, 4) is 33.4 Å². The maximum absolute atomic E-state index is 2.39. The molecule has 0 N–H and O–H groups in total. The van der Waals surface area contributed by atoms with Crippen molar-refractivity contribution in [2.75, 3.05) is 0 Å². The van der Waals surface area contributed by atoms with Crippen molar-refractivity contribution in [3.63, 3.8) is 0 Å². The Labute approximate surface area is 254 Å². The van der Waals surface area contributed by atoms with Crippen LogP contribution in [0.3, 0.4) is 0 Å². The van der Waals surface area contributed by atoms with Crippen molar-refractivity contribution in [3.05, 3.63) is 158 Å². The number of hydrogen-bond acceptors (Lipinski definition) is 1. The van der Waals surface area contributed by atoms with E-state index in [9.17, 15) is 0 Å². The average molecular weight is 563 g/mol. The molecule has 200 valence electrons. The van der Waals surface area contributed by atoms with Crippen LogP contribution in [0, 0.1) is 0 Å². The second kappa shape index (κ2) is 9.66. The highest BCUT2D eigenvalue weighted by Crippen LogP contribution is 2.46. The second-order valence-electron chi connectivity index (χ2n) is 11.2. The molecule has 9 rings (SSSR count). The Bertz CT molecular complexity index is 2450. The van der Waals surface area contributed by atoms with Gasteiger partial charge in [0.2, 0.25) is 0 Å². The number of rotatable bonds is 3. The summed E-state index contributed by atoms with van der Waals surface area (Å²) in [7, 11) is 0. The first-order chi connectivity index (χ1) is 21.3. The van der Waals surface area contributed by atoms with E-state index < -0.39 is 0 Å². The Morgan fingerprint density at radius 1 is 0.326 bits per heavy atom. The van der Waals surface area contributed by atoms with Crippen LogP contribution in [0.15, 0.2) is 158 Å². The van der Waals surface area contributed by atoms with Crippen LogP contribution in [0.2, 0.25) is 0 Å². The van der Waals surface area contributed by atoms with Crippen LogP contribution in [0.1, 0.15) is 0 Å². The number of benzene rings is 8. The van der Waals surface area contributed by atoms with E-state index in [2.05, 4.69) is 158 Å². The predicted molar refractivity (Wildman–Crippen MR) is 188 cm³/mol. The van der Waals surface area contributed by atoms with Crippen molar-refractivity contribution < 1.29 is 0 Å². The molecule has 1 aromatic heterocycles. The summed E-state index contributed by atoms with van der Waals surface area (Å²) in [5, 5.41) is 10.3. The maximum Gasteiger partial charge on any atom is 0.0433 e. The molecule has 0 aliphatic rings. The summed E-state index contributed by atoms with van der Waals surface area (Å²) in [6.07, 6.45) is 0. The van der Waals surface area contributed by atoms with Crippen LogP contribution < -0.4 is 0 Å². The largest absolute Gasteiger partial charge is 0.135 e. The van der Waals surface area contributed by atoms with E-state index in [4.69, 9.17) is 0 Å². The van der Waals surface area contributed by atoms with E-state index in [0.717, 1.165) is 0 Å². The van der Waals surface area contributed by atoms with Gasteiger partial charge in [0, 0.05) is 20.2 Å². The van der Waals surface area contributed by atoms with Crippen LogP contribution in [0.4, 0.5) is 0 Å². The lowest BCUT2D eigenvalue weighted by atomic mass is 9.84. The third-order valence-electron chi connectivity index (χ3n) is 8.86. The summed E-state index contributed by atoms with van der Waals surface area (Å²) in [6.45, 7) is 0. The summed E-state index contributed by atoms with van der Waals surface area (Å²) < 4.78 is 2.68. The second-order valence-corrected chi connectivity index (χ2v) is 12.3. The van der Waals surface area contributed by atoms with Gasteiger partial charge in [0.1, 0.15) is 0 Å². The highest BCUT2D eigenvalue weighted by molar-refractivity contribution is 7.26. The lowest BCUT2D eigenvalue weighted by molar-refractivity contribution is 1.64. The molecular formula is C42H26S. The lowest BCUT2D eigenvalue weighted by Crippen LogP contribution is -1.92. The van der Waals surface area contributed by atoms with Crippen molar-refractivity contribution in [1.29, 1.82) is 0 Å². The van der Waals surface area contributed by atoms with Gasteiger partial charge in [-0.1, -0.05) is 146 Å². The van der Waals surface area contributed by atoms with Crippen LogP contribution in [0.5, 0.6) is 0 Å². The quantitative estimate of drug-likeness (QED) is 0.188. The van der Waals surface area contributed by atoms with Gasteiger partial charge in [-0.05, 0) is 77.8 Å². The summed E-state index contributed by atoms with van der Waals surface area (Å²) in [5.41, 5.74) is 7.66. The van der Waals surface area contributed by atoms with Gasteiger partial charge in [0.15, 0.2) is 0 Å². The molecule has 1 heteroatoms. The summed E-state index contributed by atoms with van der Waals surface area (Å²) >= 11 is 1.89. The Kier molecular flexibility index (Phi) is 5.47. The first-order valence-electron chi connectivity index (χ1n) is 14.8. The smallest absolute Gasteiger partial charge is 0.0433 e. The van der Waals surface area contributed by atoms with Gasteiger partial charge in [-0.3, -0.25) is 0 Å². The summed E-state index contributed by atoms with van der Waals surface area (Å²) in [4.78, 5) is 0. The molecule has 8 aromatic carbocycles. The SMILES string of the molecule is c1cc(-c2c3ccccc3c(-c3cccc4ccccc34)c3ccccc23)cc(-c2cccc3c2sc2ccccc23)c1. The van der Waals surface area contributed by atoms with Crippen molar-refractivity contribution in [2.24, 2.45) is 0 Å². The molecule has 0 fully saturated rings. The minimum absolute atomic E-state index is 1.24. The third kappa shape index (κ3) is 3.75. The summed E-state index contributed by atoms with van der Waals surface area (Å²) in [5.74, 6) is 0. The van der Waals surface area contributed by atoms with E-state index >= 15 is 0 Å². The molecule has 0 bridgehead atoms. The standard InChI is InChI=1S/C42H26S/c1-2-16-30-27(12-1)13-10-23-33(30)41-36-20-5-3-18-34(36)40(35-19-4-6-21-37(35)41)29-15-9-14-28(26-29)31-22-11-24-38-32-17-7-8-25-39(32)43-42(31)38/h1-26H. The molecule has 0 spiro atoms. The van der Waals surface area contributed by atoms with Crippen LogP contribution in [-0.2, 0) is 0 Å². The van der Waals surface area contributed by atoms with Gasteiger partial charge in [-0.15, -0.1) is 11.3 Å². The number of thiophene rings is 1. The van der Waals surface area contributed by atoms with Crippen molar-refractivity contribution in [1.82, 2.24) is 0 Å². The third-order valence-corrected chi connectivity index (χ3v) is 10.1. The zero-order chi connectivity index (χ0) is 28.3. The van der Waals surface area contributed by atoms with Gasteiger partial charge in [-0.2, -0.15) is 0 Å². The Balaban J connectivity index is 1.34. The minimum Gasteiger partial charge on any atom is -0.135 e. The molecule has 0 saturated carbocycles. The van der Waals surface area contributed by atoms with E-state index in [-0.39, 0.29) is 0 Å². The molecule has 0 aliphatic heterocycles. The average Bonchev–Trinajstić information content (AvgIpc) is 3.46. The fourth-order valence-electron chi connectivity index (χ4n) is 6.99. The van der Waals surface area contributed by atoms with Gasteiger partial charge >= 0.3 is 0 Å². The van der Waals surface area contributed by atoms with Gasteiger partial charge in [-0.25, -0.2) is 0 Å². The first kappa shape index (κ1) is 24.4.